The number of ether oxygens (including phenoxy) is 2. The Hall–Kier alpha value is -3.61. The van der Waals surface area contributed by atoms with Gasteiger partial charge in [-0.05, 0) is 34.2 Å². The second-order valence-corrected chi connectivity index (χ2v) is 8.60. The highest BCUT2D eigenvalue weighted by Gasteiger charge is 2.30. The summed E-state index contributed by atoms with van der Waals surface area (Å²) in [5.41, 5.74) is 4.52. The normalized spacial score (nSPS) is 16.9. The lowest BCUT2D eigenvalue weighted by Crippen LogP contribution is -2.51. The fraction of sp³-hybridized carbons (Fsp3) is 0.346. The van der Waals surface area contributed by atoms with Crippen molar-refractivity contribution in [3.63, 3.8) is 0 Å². The van der Waals surface area contributed by atoms with Crippen LogP contribution in [-0.2, 0) is 19.1 Å². The van der Waals surface area contributed by atoms with Crippen LogP contribution < -0.4 is 10.6 Å². The molecule has 33 heavy (non-hydrogen) atoms. The highest BCUT2D eigenvalue weighted by Crippen LogP contribution is 2.44. The Morgan fingerprint density at radius 1 is 1.00 bits per heavy atom. The summed E-state index contributed by atoms with van der Waals surface area (Å²) in [6.45, 7) is 3.53. The molecule has 2 aliphatic rings. The molecule has 2 unspecified atom stereocenters. The Morgan fingerprint density at radius 2 is 1.61 bits per heavy atom. The van der Waals surface area contributed by atoms with E-state index in [0.29, 0.717) is 6.42 Å². The predicted octanol–water partition coefficient (Wildman–Crippen LogP) is 3.54. The third-order valence-electron chi connectivity index (χ3n) is 5.98. The topological polar surface area (TPSA) is 93.7 Å². The Balaban J connectivity index is 1.32. The van der Waals surface area contributed by atoms with Crippen LogP contribution in [0.5, 0.6) is 0 Å². The Bertz CT molecular complexity index is 1030. The second kappa shape index (κ2) is 9.90. The third kappa shape index (κ3) is 5.08. The largest absolute Gasteiger partial charge is 0.456 e. The number of carbonyl (C=O) groups excluding carboxylic acids is 3. The monoisotopic (exact) mass is 448 g/mol. The smallest absolute Gasteiger partial charge is 0.407 e. The van der Waals surface area contributed by atoms with Crippen molar-refractivity contribution in [1.82, 2.24) is 10.6 Å². The highest BCUT2D eigenvalue weighted by atomic mass is 16.6. The van der Waals surface area contributed by atoms with Gasteiger partial charge in [0, 0.05) is 12.3 Å². The van der Waals surface area contributed by atoms with E-state index in [0.717, 1.165) is 22.3 Å². The van der Waals surface area contributed by atoms with Crippen molar-refractivity contribution in [1.29, 1.82) is 0 Å². The molecule has 0 radical (unpaired) electrons. The first-order valence-electron chi connectivity index (χ1n) is 11.2. The van der Waals surface area contributed by atoms with E-state index in [1.54, 1.807) is 6.08 Å². The molecule has 2 aromatic carbocycles. The van der Waals surface area contributed by atoms with Gasteiger partial charge in [-0.25, -0.2) is 4.79 Å². The number of alkyl carbamates (subject to hydrolysis) is 1. The van der Waals surface area contributed by atoms with Gasteiger partial charge in [-0.1, -0.05) is 68.5 Å². The molecule has 2 aromatic rings. The van der Waals surface area contributed by atoms with Crippen LogP contribution in [0.1, 0.15) is 37.3 Å². The molecule has 0 fully saturated rings. The molecule has 2 aliphatic carbocycles. The molecule has 4 rings (SSSR count). The maximum absolute atomic E-state index is 12.6. The van der Waals surface area contributed by atoms with Crippen LogP contribution in [0.25, 0.3) is 11.1 Å². The van der Waals surface area contributed by atoms with Gasteiger partial charge in [-0.15, -0.1) is 0 Å². The molecule has 172 valence electrons. The van der Waals surface area contributed by atoms with Crippen molar-refractivity contribution in [2.45, 2.75) is 38.3 Å². The summed E-state index contributed by atoms with van der Waals surface area (Å²) in [5, 5.41) is 5.18. The van der Waals surface area contributed by atoms with Crippen LogP contribution >= 0.6 is 0 Å². The summed E-state index contributed by atoms with van der Waals surface area (Å²) in [6.07, 6.45) is 3.50. The fourth-order valence-corrected chi connectivity index (χ4v) is 4.12. The lowest BCUT2D eigenvalue weighted by molar-refractivity contribution is -0.147. The van der Waals surface area contributed by atoms with Crippen molar-refractivity contribution in [2.24, 2.45) is 5.92 Å². The number of nitrogens with one attached hydrogen (secondary N) is 2. The van der Waals surface area contributed by atoms with Crippen molar-refractivity contribution >= 4 is 18.0 Å². The van der Waals surface area contributed by atoms with E-state index in [9.17, 15) is 14.4 Å². The van der Waals surface area contributed by atoms with Crippen molar-refractivity contribution in [2.75, 3.05) is 13.2 Å². The molecule has 0 heterocycles. The molecular formula is C26H28N2O5. The molecular weight excluding hydrogens is 420 g/mol. The molecule has 0 spiro atoms. The number of benzene rings is 2. The van der Waals surface area contributed by atoms with Gasteiger partial charge in [0.15, 0.2) is 0 Å². The van der Waals surface area contributed by atoms with Crippen LogP contribution in [-0.4, -0.2) is 43.3 Å². The average Bonchev–Trinajstić information content (AvgIpc) is 3.10. The number of hydrogen-bond acceptors (Lipinski definition) is 5. The van der Waals surface area contributed by atoms with E-state index >= 15 is 0 Å². The fourth-order valence-electron chi connectivity index (χ4n) is 4.12. The van der Waals surface area contributed by atoms with E-state index in [1.165, 1.54) is 0 Å². The number of amides is 2. The zero-order valence-corrected chi connectivity index (χ0v) is 18.7. The van der Waals surface area contributed by atoms with E-state index < -0.39 is 24.0 Å². The van der Waals surface area contributed by atoms with Gasteiger partial charge in [0.1, 0.15) is 25.3 Å². The van der Waals surface area contributed by atoms with Crippen LogP contribution in [0, 0.1) is 5.92 Å². The second-order valence-electron chi connectivity index (χ2n) is 8.60. The quantitative estimate of drug-likeness (QED) is 0.476. The van der Waals surface area contributed by atoms with E-state index in [-0.39, 0.29) is 31.1 Å². The number of esters is 1. The summed E-state index contributed by atoms with van der Waals surface area (Å²) < 4.78 is 10.7. The maximum atomic E-state index is 12.6. The van der Waals surface area contributed by atoms with Crippen molar-refractivity contribution in [3.8, 4) is 11.1 Å². The molecule has 2 N–H and O–H groups in total. The number of rotatable bonds is 8. The summed E-state index contributed by atoms with van der Waals surface area (Å²) >= 11 is 0. The lowest BCUT2D eigenvalue weighted by Gasteiger charge is -2.23. The SMILES string of the molecule is CC(C)C(NC(=O)OCC1c2ccccc2-c2ccccc21)C(=O)NCC(=O)OC1C=CC1. The van der Waals surface area contributed by atoms with Crippen LogP contribution in [0.4, 0.5) is 4.79 Å². The minimum absolute atomic E-state index is 0.0650. The first-order chi connectivity index (χ1) is 15.9. The molecule has 0 aliphatic heterocycles. The molecule has 7 heteroatoms. The molecule has 0 saturated heterocycles. The van der Waals surface area contributed by atoms with Crippen LogP contribution in [0.2, 0.25) is 0 Å². The highest BCUT2D eigenvalue weighted by molar-refractivity contribution is 5.88. The zero-order valence-electron chi connectivity index (χ0n) is 18.7. The summed E-state index contributed by atoms with van der Waals surface area (Å²) in [4.78, 5) is 37.0. The summed E-state index contributed by atoms with van der Waals surface area (Å²) in [7, 11) is 0. The summed E-state index contributed by atoms with van der Waals surface area (Å²) in [6, 6.07) is 15.3. The van der Waals surface area contributed by atoms with Gasteiger partial charge in [-0.3, -0.25) is 9.59 Å². The Labute approximate surface area is 193 Å². The standard InChI is InChI=1S/C26H28N2O5/c1-16(2)24(25(30)27-14-23(29)33-17-8-7-9-17)28-26(31)32-15-22-20-12-5-3-10-18(20)19-11-4-6-13-21(19)22/h3-8,10-13,16-17,22,24H,9,14-15H2,1-2H3,(H,27,30)(H,28,31). The Kier molecular flexibility index (Phi) is 6.77. The summed E-state index contributed by atoms with van der Waals surface area (Å²) in [5.74, 6) is -1.23. The minimum atomic E-state index is -0.836. The Morgan fingerprint density at radius 3 is 2.15 bits per heavy atom. The zero-order chi connectivity index (χ0) is 23.4. The average molecular weight is 449 g/mol. The van der Waals surface area contributed by atoms with Crippen molar-refractivity contribution in [3.05, 3.63) is 71.8 Å². The van der Waals surface area contributed by atoms with Gasteiger partial charge in [0.05, 0.1) is 0 Å². The first-order valence-corrected chi connectivity index (χ1v) is 11.2. The lowest BCUT2D eigenvalue weighted by atomic mass is 9.98. The van der Waals surface area contributed by atoms with Crippen molar-refractivity contribution < 1.29 is 23.9 Å². The van der Waals surface area contributed by atoms with Crippen LogP contribution in [0.15, 0.2) is 60.7 Å². The predicted molar refractivity (Wildman–Crippen MR) is 123 cm³/mol. The molecule has 2 atom stereocenters. The van der Waals surface area contributed by atoms with Gasteiger partial charge in [0.2, 0.25) is 5.91 Å². The van der Waals surface area contributed by atoms with Gasteiger partial charge in [0.25, 0.3) is 0 Å². The third-order valence-corrected chi connectivity index (χ3v) is 5.98. The number of carbonyl (C=O) groups is 3. The molecule has 7 nitrogen and oxygen atoms in total. The number of hydrogen-bond donors (Lipinski definition) is 2. The van der Waals surface area contributed by atoms with E-state index in [2.05, 4.69) is 22.8 Å². The van der Waals surface area contributed by atoms with E-state index in [1.807, 2.05) is 56.3 Å². The number of fused-ring (bicyclic) bond motifs is 3. The maximum Gasteiger partial charge on any atom is 0.407 e. The molecule has 0 aromatic heterocycles. The van der Waals surface area contributed by atoms with Gasteiger partial charge < -0.3 is 20.1 Å². The first kappa shape index (κ1) is 22.6. The van der Waals surface area contributed by atoms with Crippen LogP contribution in [0.3, 0.4) is 0 Å². The molecule has 0 saturated carbocycles. The van der Waals surface area contributed by atoms with E-state index in [4.69, 9.17) is 9.47 Å². The van der Waals surface area contributed by atoms with Gasteiger partial charge in [-0.2, -0.15) is 0 Å². The molecule has 2 amide bonds. The minimum Gasteiger partial charge on any atom is -0.456 e. The van der Waals surface area contributed by atoms with Gasteiger partial charge >= 0.3 is 12.1 Å². The molecule has 0 bridgehead atoms.